The van der Waals surface area contributed by atoms with Crippen LogP contribution < -0.4 is 0 Å². The third-order valence-electron chi connectivity index (χ3n) is 4.80. The van der Waals surface area contributed by atoms with Crippen LogP contribution >= 0.6 is 0 Å². The summed E-state index contributed by atoms with van der Waals surface area (Å²) in [5.74, 6) is -0.277. The second-order valence-electron chi connectivity index (χ2n) is 6.79. The van der Waals surface area contributed by atoms with Crippen LogP contribution in [0, 0.1) is 12.8 Å². The van der Waals surface area contributed by atoms with E-state index in [4.69, 9.17) is 0 Å². The monoisotopic (exact) mass is 355 g/mol. The lowest BCUT2D eigenvalue weighted by molar-refractivity contribution is -0.135. The van der Waals surface area contributed by atoms with E-state index in [1.807, 2.05) is 42.9 Å². The van der Waals surface area contributed by atoms with Gasteiger partial charge in [0.25, 0.3) is 0 Å². The van der Waals surface area contributed by atoms with Crippen molar-refractivity contribution < 1.29 is 9.59 Å². The second kappa shape index (κ2) is 7.68. The highest BCUT2D eigenvalue weighted by Gasteiger charge is 2.35. The predicted octanol–water partition coefficient (Wildman–Crippen LogP) is 1.61. The summed E-state index contributed by atoms with van der Waals surface area (Å²) in [5, 5.41) is 4.42. The highest BCUT2D eigenvalue weighted by molar-refractivity contribution is 5.89. The summed E-state index contributed by atoms with van der Waals surface area (Å²) < 4.78 is 1.87. The number of amides is 2. The molecule has 7 nitrogen and oxygen atoms in total. The van der Waals surface area contributed by atoms with Crippen LogP contribution in [0.2, 0.25) is 0 Å². The Balaban J connectivity index is 1.60. The molecule has 1 atom stereocenters. The minimum absolute atomic E-state index is 0.00511. The Morgan fingerprint density at radius 2 is 2.19 bits per heavy atom. The molecule has 2 amide bonds. The van der Waals surface area contributed by atoms with Gasteiger partial charge < -0.3 is 9.80 Å². The van der Waals surface area contributed by atoms with Crippen LogP contribution in [0.15, 0.2) is 30.6 Å². The van der Waals surface area contributed by atoms with Crippen LogP contribution in [0.5, 0.6) is 0 Å². The molecule has 138 valence electrons. The van der Waals surface area contributed by atoms with E-state index in [9.17, 15) is 9.59 Å². The average molecular weight is 355 g/mol. The van der Waals surface area contributed by atoms with Crippen molar-refractivity contribution in [3.8, 4) is 0 Å². The lowest BCUT2D eigenvalue weighted by Crippen LogP contribution is -2.34. The number of rotatable bonds is 6. The molecule has 1 unspecified atom stereocenters. The highest BCUT2D eigenvalue weighted by atomic mass is 16.2. The Labute approximate surface area is 153 Å². The molecule has 0 N–H and O–H groups in total. The number of carbonyl (C=O) groups excluding carboxylic acids is 2. The molecule has 2 aromatic heterocycles. The number of hydrogen-bond acceptors (Lipinski definition) is 4. The molecular weight excluding hydrogens is 330 g/mol. The minimum atomic E-state index is -0.294. The molecule has 7 heteroatoms. The van der Waals surface area contributed by atoms with E-state index in [0.29, 0.717) is 19.6 Å². The Kier molecular flexibility index (Phi) is 5.35. The molecular formula is C19H25N5O2. The lowest BCUT2D eigenvalue weighted by atomic mass is 10.1. The largest absolute Gasteiger partial charge is 0.341 e. The summed E-state index contributed by atoms with van der Waals surface area (Å²) in [4.78, 5) is 32.8. The number of likely N-dealkylation sites (tertiary alicyclic amines) is 1. The van der Waals surface area contributed by atoms with Crippen LogP contribution in [-0.4, -0.2) is 50.0 Å². The fourth-order valence-corrected chi connectivity index (χ4v) is 3.30. The summed E-state index contributed by atoms with van der Waals surface area (Å²) in [7, 11) is 1.79. The Morgan fingerprint density at radius 3 is 2.85 bits per heavy atom. The van der Waals surface area contributed by atoms with Gasteiger partial charge in [-0.1, -0.05) is 6.07 Å². The zero-order valence-electron chi connectivity index (χ0n) is 15.6. The van der Waals surface area contributed by atoms with E-state index in [-0.39, 0.29) is 24.2 Å². The Hall–Kier alpha value is -2.70. The van der Waals surface area contributed by atoms with Crippen LogP contribution in [0.25, 0.3) is 0 Å². The molecule has 1 saturated heterocycles. The van der Waals surface area contributed by atoms with Gasteiger partial charge in [0.1, 0.15) is 0 Å². The van der Waals surface area contributed by atoms with Crippen LogP contribution in [0.1, 0.15) is 30.3 Å². The fraction of sp³-hybridized carbons (Fsp3) is 0.474. The molecule has 0 spiro atoms. The highest BCUT2D eigenvalue weighted by Crippen LogP contribution is 2.22. The second-order valence-corrected chi connectivity index (χ2v) is 6.79. The van der Waals surface area contributed by atoms with Crippen molar-refractivity contribution in [2.75, 3.05) is 13.6 Å². The summed E-state index contributed by atoms with van der Waals surface area (Å²) in [6.45, 7) is 6.20. The number of aromatic nitrogens is 3. The van der Waals surface area contributed by atoms with E-state index in [1.54, 1.807) is 23.0 Å². The third-order valence-corrected chi connectivity index (χ3v) is 4.80. The smallest absolute Gasteiger partial charge is 0.228 e. The van der Waals surface area contributed by atoms with Crippen molar-refractivity contribution in [2.24, 2.45) is 5.92 Å². The van der Waals surface area contributed by atoms with Gasteiger partial charge in [-0.05, 0) is 26.0 Å². The number of hydrogen-bond donors (Lipinski definition) is 0. The van der Waals surface area contributed by atoms with E-state index in [0.717, 1.165) is 23.5 Å². The van der Waals surface area contributed by atoms with Gasteiger partial charge in [0.05, 0.1) is 23.9 Å². The Morgan fingerprint density at radius 1 is 1.38 bits per heavy atom. The molecule has 0 aliphatic carbocycles. The predicted molar refractivity (Wildman–Crippen MR) is 96.9 cm³/mol. The molecule has 0 radical (unpaired) electrons. The van der Waals surface area contributed by atoms with Crippen molar-refractivity contribution in [1.29, 1.82) is 0 Å². The van der Waals surface area contributed by atoms with Gasteiger partial charge >= 0.3 is 0 Å². The fourth-order valence-electron chi connectivity index (χ4n) is 3.30. The van der Waals surface area contributed by atoms with Crippen molar-refractivity contribution in [2.45, 2.75) is 39.9 Å². The van der Waals surface area contributed by atoms with Crippen molar-refractivity contribution >= 4 is 11.8 Å². The van der Waals surface area contributed by atoms with Crippen LogP contribution in [0.3, 0.4) is 0 Å². The molecule has 2 aromatic rings. The summed E-state index contributed by atoms with van der Waals surface area (Å²) in [5.41, 5.74) is 2.81. The molecule has 0 aromatic carbocycles. The van der Waals surface area contributed by atoms with E-state index >= 15 is 0 Å². The molecule has 1 fully saturated rings. The number of pyridine rings is 1. The molecule has 1 aliphatic rings. The van der Waals surface area contributed by atoms with Gasteiger partial charge in [0.2, 0.25) is 11.8 Å². The van der Waals surface area contributed by atoms with Gasteiger partial charge in [0.15, 0.2) is 0 Å². The van der Waals surface area contributed by atoms with Gasteiger partial charge in [-0.15, -0.1) is 0 Å². The van der Waals surface area contributed by atoms with Crippen LogP contribution in [0.4, 0.5) is 0 Å². The minimum Gasteiger partial charge on any atom is -0.341 e. The van der Waals surface area contributed by atoms with Crippen molar-refractivity contribution in [3.63, 3.8) is 0 Å². The van der Waals surface area contributed by atoms with Gasteiger partial charge in [-0.3, -0.25) is 19.3 Å². The zero-order chi connectivity index (χ0) is 18.7. The first-order chi connectivity index (χ1) is 12.5. The molecule has 0 bridgehead atoms. The topological polar surface area (TPSA) is 71.3 Å². The molecule has 26 heavy (non-hydrogen) atoms. The average Bonchev–Trinajstić information content (AvgIpc) is 3.18. The van der Waals surface area contributed by atoms with Gasteiger partial charge in [0, 0.05) is 51.1 Å². The standard InChI is InChI=1S/C19H25N5O2/c1-4-24-12-16(14(2)21-24)10-22(3)19(26)15-9-18(25)23(11-15)13-17-7-5-6-8-20-17/h5-8,12,15H,4,9-11,13H2,1-3H3. The maximum atomic E-state index is 12.8. The number of nitrogens with zero attached hydrogens (tertiary/aromatic N) is 5. The summed E-state index contributed by atoms with van der Waals surface area (Å²) in [6, 6.07) is 5.64. The molecule has 3 rings (SSSR count). The first kappa shape index (κ1) is 18.1. The maximum absolute atomic E-state index is 12.8. The number of carbonyl (C=O) groups is 2. The molecule has 0 saturated carbocycles. The van der Waals surface area contributed by atoms with Crippen LogP contribution in [-0.2, 0) is 29.2 Å². The SMILES string of the molecule is CCn1cc(CN(C)C(=O)C2CC(=O)N(Cc3ccccn3)C2)c(C)n1. The van der Waals surface area contributed by atoms with E-state index < -0.39 is 0 Å². The first-order valence-corrected chi connectivity index (χ1v) is 8.93. The van der Waals surface area contributed by atoms with Crippen molar-refractivity contribution in [1.82, 2.24) is 24.6 Å². The lowest BCUT2D eigenvalue weighted by Gasteiger charge is -2.21. The van der Waals surface area contributed by atoms with Gasteiger partial charge in [-0.2, -0.15) is 5.10 Å². The first-order valence-electron chi connectivity index (χ1n) is 8.93. The Bertz CT molecular complexity index is 786. The normalized spacial score (nSPS) is 17.0. The summed E-state index contributed by atoms with van der Waals surface area (Å²) in [6.07, 6.45) is 3.96. The van der Waals surface area contributed by atoms with E-state index in [1.165, 1.54) is 0 Å². The van der Waals surface area contributed by atoms with E-state index in [2.05, 4.69) is 10.1 Å². The zero-order valence-corrected chi connectivity index (χ0v) is 15.6. The maximum Gasteiger partial charge on any atom is 0.228 e. The van der Waals surface area contributed by atoms with Gasteiger partial charge in [-0.25, -0.2) is 0 Å². The quantitative estimate of drug-likeness (QED) is 0.789. The molecule has 1 aliphatic heterocycles. The van der Waals surface area contributed by atoms with Crippen molar-refractivity contribution in [3.05, 3.63) is 47.5 Å². The third kappa shape index (κ3) is 3.92. The summed E-state index contributed by atoms with van der Waals surface area (Å²) >= 11 is 0. The number of aryl methyl sites for hydroxylation is 2. The molecule has 3 heterocycles.